The number of aromatic nitrogens is 3. The highest BCUT2D eigenvalue weighted by Crippen LogP contribution is 2.35. The number of hydrogen-bond donors (Lipinski definition) is 2. The highest BCUT2D eigenvalue weighted by atomic mass is 19.1. The lowest BCUT2D eigenvalue weighted by molar-refractivity contribution is -0.387. The van der Waals surface area contributed by atoms with Crippen LogP contribution in [0.25, 0.3) is 22.2 Å². The van der Waals surface area contributed by atoms with Crippen LogP contribution in [0.2, 0.25) is 0 Å². The number of amides is 1. The summed E-state index contributed by atoms with van der Waals surface area (Å²) in [5, 5.41) is 18.0. The number of benzene rings is 2. The van der Waals surface area contributed by atoms with Gasteiger partial charge in [-0.05, 0) is 24.6 Å². The topological polar surface area (TPSA) is 115 Å². The Morgan fingerprint density at radius 1 is 1.17 bits per heavy atom. The van der Waals surface area contributed by atoms with Crippen molar-refractivity contribution in [3.8, 4) is 11.3 Å². The average Bonchev–Trinajstić information content (AvgIpc) is 3.12. The minimum atomic E-state index is -0.921. The molecule has 0 saturated carbocycles. The van der Waals surface area contributed by atoms with Crippen molar-refractivity contribution in [1.29, 1.82) is 0 Å². The van der Waals surface area contributed by atoms with Gasteiger partial charge in [0.1, 0.15) is 5.69 Å². The van der Waals surface area contributed by atoms with Gasteiger partial charge in [-0.2, -0.15) is 4.39 Å². The van der Waals surface area contributed by atoms with Gasteiger partial charge in [0.15, 0.2) is 0 Å². The molecule has 0 radical (unpaired) electrons. The van der Waals surface area contributed by atoms with Gasteiger partial charge in [0.25, 0.3) is 0 Å². The fourth-order valence-corrected chi connectivity index (χ4v) is 3.64. The SMILES string of the molecule is C.Cc1cc(F)c([N+](=O)[O-])cc1Nc1ncc(NC(=O)C(C)(C)C)c(-c2cn(C)c3ccccc23)n1. The number of halogens is 1. The number of nitrogens with zero attached hydrogens (tertiary/aromatic N) is 4. The van der Waals surface area contributed by atoms with Crippen molar-refractivity contribution in [2.24, 2.45) is 12.5 Å². The molecule has 0 aliphatic rings. The van der Waals surface area contributed by atoms with E-state index < -0.39 is 21.8 Å². The standard InChI is InChI=1S/C25H25FN6O3.CH4/c1-14-10-17(26)21(32(34)35)11-18(14)29-24-27-12-19(28-23(33)25(2,3)4)22(30-24)16-13-31(5)20-9-7-6-8-15(16)20;/h6-13H,1-5H3,(H,28,33)(H,27,29,30);1H4. The van der Waals surface area contributed by atoms with E-state index in [1.807, 2.05) is 42.1 Å². The molecule has 2 N–H and O–H groups in total. The van der Waals surface area contributed by atoms with Crippen LogP contribution in [0.15, 0.2) is 48.8 Å². The van der Waals surface area contributed by atoms with E-state index >= 15 is 0 Å². The van der Waals surface area contributed by atoms with Crippen molar-refractivity contribution in [1.82, 2.24) is 14.5 Å². The van der Waals surface area contributed by atoms with Crippen LogP contribution in [0, 0.1) is 28.3 Å². The summed E-state index contributed by atoms with van der Waals surface area (Å²) >= 11 is 0. The Bertz CT molecular complexity index is 1470. The number of aryl methyl sites for hydroxylation is 2. The Labute approximate surface area is 208 Å². The summed E-state index contributed by atoms with van der Waals surface area (Å²) in [6, 6.07) is 9.99. The van der Waals surface area contributed by atoms with Crippen molar-refractivity contribution in [2.75, 3.05) is 10.6 Å². The lowest BCUT2D eigenvalue weighted by Gasteiger charge is -2.19. The number of para-hydroxylation sites is 1. The summed E-state index contributed by atoms with van der Waals surface area (Å²) in [7, 11) is 1.92. The third-order valence-corrected chi connectivity index (χ3v) is 5.61. The largest absolute Gasteiger partial charge is 0.350 e. The maximum atomic E-state index is 14.0. The first-order valence-electron chi connectivity index (χ1n) is 10.9. The molecule has 0 spiro atoms. The van der Waals surface area contributed by atoms with Gasteiger partial charge in [0.2, 0.25) is 17.7 Å². The van der Waals surface area contributed by atoms with E-state index in [1.165, 1.54) is 6.20 Å². The zero-order valence-corrected chi connectivity index (χ0v) is 20.0. The van der Waals surface area contributed by atoms with Gasteiger partial charge >= 0.3 is 5.69 Å². The highest BCUT2D eigenvalue weighted by molar-refractivity contribution is 6.02. The van der Waals surface area contributed by atoms with Gasteiger partial charge in [0.05, 0.1) is 22.5 Å². The Balaban J connectivity index is 0.00000361. The molecule has 0 saturated heterocycles. The predicted octanol–water partition coefficient (Wildman–Crippen LogP) is 6.36. The van der Waals surface area contributed by atoms with Crippen molar-refractivity contribution < 1.29 is 14.1 Å². The van der Waals surface area contributed by atoms with Crippen LogP contribution in [-0.2, 0) is 11.8 Å². The zero-order valence-electron chi connectivity index (χ0n) is 20.0. The molecular weight excluding hydrogens is 463 g/mol. The number of nitro groups is 1. The predicted molar refractivity (Wildman–Crippen MR) is 140 cm³/mol. The Hall–Kier alpha value is -4.34. The maximum absolute atomic E-state index is 14.0. The van der Waals surface area contributed by atoms with Crippen molar-refractivity contribution in [3.05, 3.63) is 70.3 Å². The summed E-state index contributed by atoms with van der Waals surface area (Å²) in [5.74, 6) is -0.977. The number of fused-ring (bicyclic) bond motifs is 1. The Morgan fingerprint density at radius 2 is 1.86 bits per heavy atom. The molecule has 2 aromatic carbocycles. The third kappa shape index (κ3) is 5.02. The van der Waals surface area contributed by atoms with Crippen LogP contribution in [0.4, 0.5) is 27.4 Å². The second kappa shape index (κ2) is 9.73. The number of carbonyl (C=O) groups is 1. The molecule has 36 heavy (non-hydrogen) atoms. The van der Waals surface area contributed by atoms with Gasteiger partial charge in [-0.25, -0.2) is 9.97 Å². The lowest BCUT2D eigenvalue weighted by Crippen LogP contribution is -2.28. The van der Waals surface area contributed by atoms with Crippen molar-refractivity contribution in [2.45, 2.75) is 35.1 Å². The summed E-state index contributed by atoms with van der Waals surface area (Å²) in [6.07, 6.45) is 3.40. The molecule has 0 unspecified atom stereocenters. The first-order valence-corrected chi connectivity index (χ1v) is 10.9. The number of anilines is 3. The average molecular weight is 493 g/mol. The summed E-state index contributed by atoms with van der Waals surface area (Å²) in [6.45, 7) is 7.04. The molecule has 9 nitrogen and oxygen atoms in total. The van der Waals surface area contributed by atoms with E-state index in [9.17, 15) is 19.3 Å². The van der Waals surface area contributed by atoms with E-state index in [4.69, 9.17) is 0 Å². The molecule has 2 aromatic heterocycles. The molecule has 0 fully saturated rings. The lowest BCUT2D eigenvalue weighted by atomic mass is 9.95. The quantitative estimate of drug-likeness (QED) is 0.248. The maximum Gasteiger partial charge on any atom is 0.306 e. The van der Waals surface area contributed by atoms with Gasteiger partial charge in [-0.1, -0.05) is 46.4 Å². The summed E-state index contributed by atoms with van der Waals surface area (Å²) in [4.78, 5) is 32.1. The monoisotopic (exact) mass is 492 g/mol. The third-order valence-electron chi connectivity index (χ3n) is 5.61. The number of nitrogens with one attached hydrogen (secondary N) is 2. The Morgan fingerprint density at radius 3 is 2.53 bits per heavy atom. The van der Waals surface area contributed by atoms with Gasteiger partial charge in [-0.15, -0.1) is 0 Å². The number of rotatable bonds is 5. The molecule has 0 aliphatic heterocycles. The molecule has 0 bridgehead atoms. The molecule has 0 atom stereocenters. The molecule has 188 valence electrons. The van der Waals surface area contributed by atoms with Gasteiger partial charge in [0, 0.05) is 41.2 Å². The minimum Gasteiger partial charge on any atom is -0.350 e. The van der Waals surface area contributed by atoms with E-state index in [0.717, 1.165) is 28.6 Å². The normalized spacial score (nSPS) is 11.2. The zero-order chi connectivity index (χ0) is 25.5. The van der Waals surface area contributed by atoms with Crippen LogP contribution >= 0.6 is 0 Å². The Kier molecular flexibility index (Phi) is 7.10. The number of hydrogen-bond acceptors (Lipinski definition) is 6. The molecular formula is C26H29FN6O3. The smallest absolute Gasteiger partial charge is 0.306 e. The van der Waals surface area contributed by atoms with E-state index in [1.54, 1.807) is 27.7 Å². The number of carbonyl (C=O) groups excluding carboxylic acids is 1. The molecule has 4 rings (SSSR count). The molecule has 4 aromatic rings. The van der Waals surface area contributed by atoms with Crippen molar-refractivity contribution >= 4 is 39.8 Å². The first-order chi connectivity index (χ1) is 16.5. The van der Waals surface area contributed by atoms with Gasteiger partial charge in [-0.3, -0.25) is 14.9 Å². The fourth-order valence-electron chi connectivity index (χ4n) is 3.64. The molecule has 10 heteroatoms. The van der Waals surface area contributed by atoms with E-state index in [-0.39, 0.29) is 19.3 Å². The highest BCUT2D eigenvalue weighted by Gasteiger charge is 2.24. The molecule has 2 heterocycles. The van der Waals surface area contributed by atoms with Crippen LogP contribution in [0.5, 0.6) is 0 Å². The summed E-state index contributed by atoms with van der Waals surface area (Å²) in [5.41, 5.74) is 2.12. The van der Waals surface area contributed by atoms with E-state index in [0.29, 0.717) is 22.6 Å². The second-order valence-electron chi connectivity index (χ2n) is 9.33. The minimum absolute atomic E-state index is 0. The molecule has 0 aliphatic carbocycles. The van der Waals surface area contributed by atoms with Crippen LogP contribution in [-0.4, -0.2) is 25.4 Å². The van der Waals surface area contributed by atoms with Crippen LogP contribution < -0.4 is 10.6 Å². The first kappa shape index (κ1) is 26.3. The summed E-state index contributed by atoms with van der Waals surface area (Å²) < 4.78 is 15.9. The fraction of sp³-hybridized carbons (Fsp3) is 0.269. The number of nitro benzene ring substituents is 1. The second-order valence-corrected chi connectivity index (χ2v) is 9.33. The van der Waals surface area contributed by atoms with Crippen LogP contribution in [0.1, 0.15) is 33.8 Å². The van der Waals surface area contributed by atoms with Crippen molar-refractivity contribution in [3.63, 3.8) is 0 Å². The van der Waals surface area contributed by atoms with E-state index in [2.05, 4.69) is 20.6 Å². The molecule has 1 amide bonds. The van der Waals surface area contributed by atoms with Crippen LogP contribution in [0.3, 0.4) is 0 Å². The van der Waals surface area contributed by atoms with Gasteiger partial charge < -0.3 is 15.2 Å².